The number of likely N-dealkylation sites (N-methyl/N-ethyl adjacent to an activating group) is 1. The lowest BCUT2D eigenvalue weighted by molar-refractivity contribution is 0.0243. The van der Waals surface area contributed by atoms with E-state index < -0.39 is 0 Å². The van der Waals surface area contributed by atoms with Crippen molar-refractivity contribution < 1.29 is 4.74 Å². The first-order chi connectivity index (χ1) is 13.1. The molecule has 28 heavy (non-hydrogen) atoms. The first-order valence-electron chi connectivity index (χ1n) is 10.1. The summed E-state index contributed by atoms with van der Waals surface area (Å²) in [6.45, 7) is 12.2. The fraction of sp³-hybridized carbons (Fsp3) is 0.700. The zero-order valence-corrected chi connectivity index (χ0v) is 19.7. The van der Waals surface area contributed by atoms with Crippen LogP contribution in [0, 0.1) is 0 Å². The van der Waals surface area contributed by atoms with Gasteiger partial charge in [-0.05, 0) is 37.9 Å². The molecule has 2 fully saturated rings. The molecule has 2 saturated heterocycles. The molecule has 1 aromatic heterocycles. The molecule has 2 aliphatic rings. The molecular weight excluding hydrogens is 467 g/mol. The van der Waals surface area contributed by atoms with Gasteiger partial charge in [0.1, 0.15) is 5.82 Å². The lowest BCUT2D eigenvalue weighted by Crippen LogP contribution is -2.46. The monoisotopic (exact) mass is 502 g/mol. The van der Waals surface area contributed by atoms with Crippen LogP contribution in [0.3, 0.4) is 0 Å². The van der Waals surface area contributed by atoms with Gasteiger partial charge in [0.25, 0.3) is 0 Å². The number of nitrogens with zero attached hydrogens (tertiary/aromatic N) is 4. The highest BCUT2D eigenvalue weighted by Gasteiger charge is 2.29. The number of halogens is 1. The lowest BCUT2D eigenvalue weighted by atomic mass is 10.0. The van der Waals surface area contributed by atoms with Crippen molar-refractivity contribution >= 4 is 35.8 Å². The molecule has 0 saturated carbocycles. The van der Waals surface area contributed by atoms with E-state index in [0.717, 1.165) is 76.1 Å². The molecule has 1 unspecified atom stereocenters. The molecule has 3 heterocycles. The van der Waals surface area contributed by atoms with Crippen LogP contribution >= 0.6 is 24.0 Å². The quantitative estimate of drug-likeness (QED) is 0.353. The predicted octanol–water partition coefficient (Wildman–Crippen LogP) is 2.08. The van der Waals surface area contributed by atoms with Gasteiger partial charge in [-0.3, -0.25) is 4.99 Å². The summed E-state index contributed by atoms with van der Waals surface area (Å²) in [4.78, 5) is 13.8. The van der Waals surface area contributed by atoms with Crippen LogP contribution < -0.4 is 15.5 Å². The summed E-state index contributed by atoms with van der Waals surface area (Å²) in [6, 6.07) is 4.28. The van der Waals surface area contributed by atoms with Gasteiger partial charge in [0.2, 0.25) is 0 Å². The average Bonchev–Trinajstić information content (AvgIpc) is 3.15. The van der Waals surface area contributed by atoms with Crippen molar-refractivity contribution in [1.29, 1.82) is 0 Å². The topological polar surface area (TPSA) is 65.0 Å². The summed E-state index contributed by atoms with van der Waals surface area (Å²) >= 11 is 0. The third kappa shape index (κ3) is 6.45. The average molecular weight is 502 g/mol. The number of aliphatic imine (C=N–C) groups is 1. The fourth-order valence-electron chi connectivity index (χ4n) is 3.65. The van der Waals surface area contributed by atoms with E-state index in [1.54, 1.807) is 7.05 Å². The number of aromatic nitrogens is 1. The minimum absolute atomic E-state index is 0. The van der Waals surface area contributed by atoms with E-state index in [1.165, 1.54) is 0 Å². The van der Waals surface area contributed by atoms with Gasteiger partial charge in [0.05, 0.1) is 5.60 Å². The molecule has 0 bridgehead atoms. The molecule has 0 radical (unpaired) electrons. The molecule has 2 N–H and O–H groups in total. The highest BCUT2D eigenvalue weighted by molar-refractivity contribution is 14.0. The number of pyridine rings is 1. The highest BCUT2D eigenvalue weighted by atomic mass is 127. The molecule has 2 aliphatic heterocycles. The van der Waals surface area contributed by atoms with Gasteiger partial charge in [-0.2, -0.15) is 0 Å². The third-order valence-corrected chi connectivity index (χ3v) is 5.57. The van der Waals surface area contributed by atoms with Crippen molar-refractivity contribution in [3.05, 3.63) is 23.9 Å². The number of nitrogens with one attached hydrogen (secondary N) is 2. The second-order valence-corrected chi connectivity index (χ2v) is 7.63. The largest absolute Gasteiger partial charge is 0.373 e. The van der Waals surface area contributed by atoms with Crippen molar-refractivity contribution in [1.82, 2.24) is 20.5 Å². The van der Waals surface area contributed by atoms with Crippen LogP contribution in [-0.4, -0.2) is 74.4 Å². The Balaban J connectivity index is 0.00000280. The van der Waals surface area contributed by atoms with Gasteiger partial charge in [0, 0.05) is 59.1 Å². The summed E-state index contributed by atoms with van der Waals surface area (Å²) in [5.41, 5.74) is 1.07. The van der Waals surface area contributed by atoms with Crippen molar-refractivity contribution in [3.63, 3.8) is 0 Å². The molecule has 0 spiro atoms. The first-order valence-corrected chi connectivity index (χ1v) is 10.1. The van der Waals surface area contributed by atoms with Crippen LogP contribution in [0.25, 0.3) is 0 Å². The molecule has 0 aliphatic carbocycles. The summed E-state index contributed by atoms with van der Waals surface area (Å²) < 4.78 is 5.82. The van der Waals surface area contributed by atoms with Gasteiger partial charge in [-0.1, -0.05) is 13.0 Å². The number of hydrogen-bond acceptors (Lipinski definition) is 5. The Kier molecular flexibility index (Phi) is 9.23. The Morgan fingerprint density at radius 1 is 1.25 bits per heavy atom. The van der Waals surface area contributed by atoms with Crippen molar-refractivity contribution in [2.75, 3.05) is 57.8 Å². The van der Waals surface area contributed by atoms with Crippen LogP contribution in [0.15, 0.2) is 23.3 Å². The Bertz CT molecular complexity index is 610. The number of rotatable bonds is 6. The standard InChI is InChI=1S/C20H34N6O.HI/c1-4-25-9-11-26(12-10-25)18-7-6-17(14-22-18)15-23-19(21-3)24-16-20(2)8-5-13-27-20;/h6-7,14H,4-5,8-13,15-16H2,1-3H3,(H2,21,23,24);1H. The SMILES string of the molecule is CCN1CCN(c2ccc(CNC(=NC)NCC3(C)CCCO3)cn2)CC1.I. The predicted molar refractivity (Wildman–Crippen MR) is 126 cm³/mol. The summed E-state index contributed by atoms with van der Waals surface area (Å²) in [7, 11) is 1.80. The van der Waals surface area contributed by atoms with Gasteiger partial charge in [-0.15, -0.1) is 24.0 Å². The molecule has 7 nitrogen and oxygen atoms in total. The minimum Gasteiger partial charge on any atom is -0.373 e. The van der Waals surface area contributed by atoms with E-state index in [4.69, 9.17) is 4.74 Å². The Hall–Kier alpha value is -1.13. The summed E-state index contributed by atoms with van der Waals surface area (Å²) in [5.74, 6) is 1.87. The molecule has 3 rings (SSSR count). The van der Waals surface area contributed by atoms with Crippen molar-refractivity contribution in [2.24, 2.45) is 4.99 Å². The van der Waals surface area contributed by atoms with Gasteiger partial charge >= 0.3 is 0 Å². The number of ether oxygens (including phenoxy) is 1. The Morgan fingerprint density at radius 2 is 2.04 bits per heavy atom. The second-order valence-electron chi connectivity index (χ2n) is 7.63. The number of hydrogen-bond donors (Lipinski definition) is 2. The number of piperazine rings is 1. The fourth-order valence-corrected chi connectivity index (χ4v) is 3.65. The highest BCUT2D eigenvalue weighted by Crippen LogP contribution is 2.23. The van der Waals surface area contributed by atoms with Crippen LogP contribution in [0.5, 0.6) is 0 Å². The van der Waals surface area contributed by atoms with Crippen molar-refractivity contribution in [3.8, 4) is 0 Å². The molecule has 1 aromatic rings. The normalized spacial score (nSPS) is 23.4. The van der Waals surface area contributed by atoms with E-state index >= 15 is 0 Å². The Labute approximate surface area is 186 Å². The van der Waals surface area contributed by atoms with E-state index in [9.17, 15) is 0 Å². The van der Waals surface area contributed by atoms with Crippen LogP contribution in [0.4, 0.5) is 5.82 Å². The molecule has 0 amide bonds. The van der Waals surface area contributed by atoms with E-state index in [2.05, 4.69) is 56.4 Å². The van der Waals surface area contributed by atoms with Crippen LogP contribution in [-0.2, 0) is 11.3 Å². The number of guanidine groups is 1. The molecule has 0 aromatic carbocycles. The molecule has 1 atom stereocenters. The minimum atomic E-state index is -0.0807. The van der Waals surface area contributed by atoms with Gasteiger partial charge in [-0.25, -0.2) is 4.98 Å². The molecule has 8 heteroatoms. The van der Waals surface area contributed by atoms with Crippen LogP contribution in [0.2, 0.25) is 0 Å². The zero-order valence-electron chi connectivity index (χ0n) is 17.4. The summed E-state index contributed by atoms with van der Waals surface area (Å²) in [5, 5.41) is 6.74. The van der Waals surface area contributed by atoms with Crippen LogP contribution in [0.1, 0.15) is 32.3 Å². The smallest absolute Gasteiger partial charge is 0.191 e. The zero-order chi connectivity index (χ0) is 19.1. The summed E-state index contributed by atoms with van der Waals surface area (Å²) in [6.07, 6.45) is 4.19. The van der Waals surface area contributed by atoms with Gasteiger partial charge < -0.3 is 25.2 Å². The maximum Gasteiger partial charge on any atom is 0.191 e. The van der Waals surface area contributed by atoms with E-state index in [0.29, 0.717) is 6.54 Å². The van der Waals surface area contributed by atoms with Gasteiger partial charge in [0.15, 0.2) is 5.96 Å². The van der Waals surface area contributed by atoms with Crippen molar-refractivity contribution in [2.45, 2.75) is 38.8 Å². The number of anilines is 1. The van der Waals surface area contributed by atoms with E-state index in [-0.39, 0.29) is 29.6 Å². The maximum absolute atomic E-state index is 5.82. The lowest BCUT2D eigenvalue weighted by Gasteiger charge is -2.34. The molecule has 158 valence electrons. The first kappa shape index (κ1) is 23.2. The Morgan fingerprint density at radius 3 is 2.61 bits per heavy atom. The second kappa shape index (κ2) is 11.2. The molecular formula is C20H35IN6O. The third-order valence-electron chi connectivity index (χ3n) is 5.57. The van der Waals surface area contributed by atoms with E-state index in [1.807, 2.05) is 6.20 Å². The maximum atomic E-state index is 5.82.